The first-order valence-corrected chi connectivity index (χ1v) is 12.0. The fraction of sp³-hybridized carbons (Fsp3) is 0.261. The van der Waals surface area contributed by atoms with Gasteiger partial charge in [0.15, 0.2) is 5.69 Å². The minimum Gasteiger partial charge on any atom is -0.461 e. The molecule has 1 aromatic heterocycles. The molecule has 10 heteroatoms. The fourth-order valence-electron chi connectivity index (χ4n) is 3.17. The summed E-state index contributed by atoms with van der Waals surface area (Å²) >= 11 is 0. The Morgan fingerprint density at radius 3 is 2.18 bits per heavy atom. The summed E-state index contributed by atoms with van der Waals surface area (Å²) in [6, 6.07) is 14.3. The average molecular weight is 471 g/mol. The lowest BCUT2D eigenvalue weighted by Gasteiger charge is -2.18. The molecule has 0 saturated heterocycles. The van der Waals surface area contributed by atoms with Crippen LogP contribution in [0.25, 0.3) is 5.69 Å². The molecule has 0 radical (unpaired) electrons. The van der Waals surface area contributed by atoms with Crippen LogP contribution in [0.15, 0.2) is 65.7 Å². The number of esters is 1. The van der Waals surface area contributed by atoms with Gasteiger partial charge in [0.1, 0.15) is 0 Å². The van der Waals surface area contributed by atoms with Gasteiger partial charge in [0.25, 0.3) is 5.91 Å². The molecule has 0 unspecified atom stereocenters. The number of anilines is 1. The molecule has 0 fully saturated rings. The van der Waals surface area contributed by atoms with E-state index in [0.29, 0.717) is 30.0 Å². The molecule has 2 aromatic carbocycles. The van der Waals surface area contributed by atoms with Gasteiger partial charge >= 0.3 is 5.97 Å². The zero-order valence-electron chi connectivity index (χ0n) is 18.7. The molecule has 0 atom stereocenters. The molecule has 174 valence electrons. The Bertz CT molecular complexity index is 1210. The maximum Gasteiger partial charge on any atom is 0.358 e. The van der Waals surface area contributed by atoms with E-state index in [1.807, 2.05) is 0 Å². The molecule has 1 N–H and O–H groups in total. The Hall–Kier alpha value is -3.50. The van der Waals surface area contributed by atoms with Gasteiger partial charge in [-0.1, -0.05) is 13.8 Å². The summed E-state index contributed by atoms with van der Waals surface area (Å²) in [7, 11) is -3.58. The standard InChI is InChI=1S/C23H26N4O5S/c1-4-26(5-2)33(30,31)20-13-7-17(8-14-20)22(28)24-18-9-11-19(12-10-18)27-16-15-21(25-27)23(29)32-6-3/h7-16H,4-6H2,1-3H3,(H,24,28). The van der Waals surface area contributed by atoms with E-state index >= 15 is 0 Å². The van der Waals surface area contributed by atoms with Gasteiger partial charge in [-0.2, -0.15) is 9.40 Å². The summed E-state index contributed by atoms with van der Waals surface area (Å²) in [5.74, 6) is -0.853. The number of sulfonamides is 1. The zero-order chi connectivity index (χ0) is 24.0. The van der Waals surface area contributed by atoms with Crippen LogP contribution in [0.3, 0.4) is 0 Å². The predicted octanol–water partition coefficient (Wildman–Crippen LogP) is 3.33. The Kier molecular flexibility index (Phi) is 7.62. The smallest absolute Gasteiger partial charge is 0.358 e. The second kappa shape index (κ2) is 10.4. The molecule has 1 heterocycles. The molecule has 33 heavy (non-hydrogen) atoms. The molecule has 0 bridgehead atoms. The quantitative estimate of drug-likeness (QED) is 0.480. The molecule has 1 amide bonds. The lowest BCUT2D eigenvalue weighted by molar-refractivity contribution is 0.0518. The highest BCUT2D eigenvalue weighted by molar-refractivity contribution is 7.89. The topological polar surface area (TPSA) is 111 Å². The number of nitrogens with zero attached hydrogens (tertiary/aromatic N) is 3. The monoisotopic (exact) mass is 470 g/mol. The summed E-state index contributed by atoms with van der Waals surface area (Å²) < 4.78 is 33.0. The number of nitrogens with one attached hydrogen (secondary N) is 1. The highest BCUT2D eigenvalue weighted by atomic mass is 32.2. The van der Waals surface area contributed by atoms with Gasteiger partial charge in [0, 0.05) is 30.5 Å². The predicted molar refractivity (Wildman–Crippen MR) is 124 cm³/mol. The van der Waals surface area contributed by atoms with E-state index < -0.39 is 16.0 Å². The number of rotatable bonds is 9. The molecular weight excluding hydrogens is 444 g/mol. The molecule has 0 spiro atoms. The molecule has 0 aliphatic rings. The third-order valence-corrected chi connectivity index (χ3v) is 6.99. The number of aromatic nitrogens is 2. The van der Waals surface area contributed by atoms with Gasteiger partial charge in [-0.3, -0.25) is 4.79 Å². The number of ether oxygens (including phenoxy) is 1. The first-order chi connectivity index (χ1) is 15.8. The van der Waals surface area contributed by atoms with Gasteiger partial charge in [0.2, 0.25) is 10.0 Å². The lowest BCUT2D eigenvalue weighted by atomic mass is 10.2. The normalized spacial score (nSPS) is 11.4. The molecule has 3 aromatic rings. The van der Waals surface area contributed by atoms with Crippen LogP contribution in [0.4, 0.5) is 5.69 Å². The van der Waals surface area contributed by atoms with E-state index in [2.05, 4.69) is 10.4 Å². The van der Waals surface area contributed by atoms with Crippen LogP contribution < -0.4 is 5.32 Å². The average Bonchev–Trinajstić information content (AvgIpc) is 3.31. The summed E-state index contributed by atoms with van der Waals surface area (Å²) in [6.07, 6.45) is 1.65. The first kappa shape index (κ1) is 24.1. The Morgan fingerprint density at radius 2 is 1.61 bits per heavy atom. The van der Waals surface area contributed by atoms with Crippen molar-refractivity contribution in [3.05, 3.63) is 72.1 Å². The van der Waals surface area contributed by atoms with E-state index in [1.165, 1.54) is 33.3 Å². The van der Waals surface area contributed by atoms with Crippen LogP contribution in [-0.2, 0) is 14.8 Å². The third-order valence-electron chi connectivity index (χ3n) is 4.92. The minimum absolute atomic E-state index is 0.147. The largest absolute Gasteiger partial charge is 0.461 e. The van der Waals surface area contributed by atoms with Gasteiger partial charge < -0.3 is 10.1 Å². The molecule has 3 rings (SSSR count). The maximum atomic E-state index is 12.6. The van der Waals surface area contributed by atoms with Gasteiger partial charge in [-0.15, -0.1) is 0 Å². The Balaban J connectivity index is 1.68. The molecule has 9 nitrogen and oxygen atoms in total. The van der Waals surface area contributed by atoms with Crippen molar-refractivity contribution in [2.24, 2.45) is 0 Å². The number of carbonyl (C=O) groups is 2. The second-order valence-corrected chi connectivity index (χ2v) is 8.92. The minimum atomic E-state index is -3.58. The van der Waals surface area contributed by atoms with Crippen molar-refractivity contribution >= 4 is 27.6 Å². The van der Waals surface area contributed by atoms with E-state index in [9.17, 15) is 18.0 Å². The Labute approximate surface area is 193 Å². The van der Waals surface area contributed by atoms with Crippen molar-refractivity contribution in [1.29, 1.82) is 0 Å². The zero-order valence-corrected chi connectivity index (χ0v) is 19.5. The summed E-state index contributed by atoms with van der Waals surface area (Å²) in [5, 5.41) is 6.97. The van der Waals surface area contributed by atoms with Crippen molar-refractivity contribution in [3.8, 4) is 5.69 Å². The van der Waals surface area contributed by atoms with Gasteiger partial charge in [0.05, 0.1) is 17.2 Å². The van der Waals surface area contributed by atoms with Crippen LogP contribution in [0.5, 0.6) is 0 Å². The van der Waals surface area contributed by atoms with Crippen LogP contribution in [-0.4, -0.2) is 54.1 Å². The molecule has 0 aliphatic heterocycles. The highest BCUT2D eigenvalue weighted by Crippen LogP contribution is 2.18. The summed E-state index contributed by atoms with van der Waals surface area (Å²) in [4.78, 5) is 24.5. The third kappa shape index (κ3) is 5.47. The van der Waals surface area contributed by atoms with Gasteiger partial charge in [-0.25, -0.2) is 17.9 Å². The first-order valence-electron chi connectivity index (χ1n) is 10.5. The number of carbonyl (C=O) groups excluding carboxylic acids is 2. The fourth-order valence-corrected chi connectivity index (χ4v) is 4.63. The van der Waals surface area contributed by atoms with E-state index in [1.54, 1.807) is 57.3 Å². The highest BCUT2D eigenvalue weighted by Gasteiger charge is 2.21. The van der Waals surface area contributed by atoms with Gasteiger partial charge in [-0.05, 0) is 61.5 Å². The number of hydrogen-bond donors (Lipinski definition) is 1. The van der Waals surface area contributed by atoms with E-state index in [0.717, 1.165) is 0 Å². The van der Waals surface area contributed by atoms with Crippen LogP contribution in [0.2, 0.25) is 0 Å². The SMILES string of the molecule is CCOC(=O)c1ccn(-c2ccc(NC(=O)c3ccc(S(=O)(=O)N(CC)CC)cc3)cc2)n1. The number of amides is 1. The summed E-state index contributed by atoms with van der Waals surface area (Å²) in [5.41, 5.74) is 1.81. The maximum absolute atomic E-state index is 12.6. The number of benzene rings is 2. The van der Waals surface area contributed by atoms with Crippen molar-refractivity contribution in [3.63, 3.8) is 0 Å². The summed E-state index contributed by atoms with van der Waals surface area (Å²) in [6.45, 7) is 6.30. The molecular formula is C23H26N4O5S. The van der Waals surface area contributed by atoms with Crippen molar-refractivity contribution in [1.82, 2.24) is 14.1 Å². The Morgan fingerprint density at radius 1 is 0.970 bits per heavy atom. The molecule has 0 saturated carbocycles. The van der Waals surface area contributed by atoms with E-state index in [-0.39, 0.29) is 23.1 Å². The van der Waals surface area contributed by atoms with E-state index in [4.69, 9.17) is 4.74 Å². The van der Waals surface area contributed by atoms with Crippen LogP contribution in [0.1, 0.15) is 41.6 Å². The lowest BCUT2D eigenvalue weighted by Crippen LogP contribution is -2.30. The molecule has 0 aliphatic carbocycles. The van der Waals surface area contributed by atoms with Crippen LogP contribution >= 0.6 is 0 Å². The number of hydrogen-bond acceptors (Lipinski definition) is 6. The van der Waals surface area contributed by atoms with Crippen LogP contribution in [0, 0.1) is 0 Å². The van der Waals surface area contributed by atoms with Crippen molar-refractivity contribution in [2.45, 2.75) is 25.7 Å². The second-order valence-electron chi connectivity index (χ2n) is 6.98. The van der Waals surface area contributed by atoms with Crippen molar-refractivity contribution < 1.29 is 22.7 Å². The van der Waals surface area contributed by atoms with Crippen molar-refractivity contribution in [2.75, 3.05) is 25.0 Å².